The molecule has 0 spiro atoms. The Labute approximate surface area is 172 Å². The standard InChI is InChI=1S/C24H28N2O3/c1-24(23(28)25-16-17-11-13-20(29-2)14-12-17)15-18-7-3-6-10-21(18)22(27)26(24)19-8-4-5-9-19/h3,6-7,10-14,19H,4-5,8-9,15-16H2,1-2H3,(H,25,28). The molecular formula is C24H28N2O3. The lowest BCUT2D eigenvalue weighted by Crippen LogP contribution is -2.64. The SMILES string of the molecule is COc1ccc(CNC(=O)C2(C)Cc3ccccc3C(=O)N2C2CCCC2)cc1. The molecule has 1 heterocycles. The summed E-state index contributed by atoms with van der Waals surface area (Å²) in [5.41, 5.74) is 1.80. The molecule has 0 bridgehead atoms. The molecule has 0 aromatic heterocycles. The minimum Gasteiger partial charge on any atom is -0.497 e. The Bertz CT molecular complexity index is 903. The number of hydrogen-bond donors (Lipinski definition) is 1. The van der Waals surface area contributed by atoms with Gasteiger partial charge in [0, 0.05) is 24.6 Å². The number of rotatable bonds is 5. The highest BCUT2D eigenvalue weighted by Crippen LogP contribution is 2.37. The zero-order valence-corrected chi connectivity index (χ0v) is 17.1. The fraction of sp³-hybridized carbons (Fsp3) is 0.417. The Morgan fingerprint density at radius 3 is 2.52 bits per heavy atom. The van der Waals surface area contributed by atoms with Crippen LogP contribution in [0, 0.1) is 0 Å². The van der Waals surface area contributed by atoms with E-state index in [2.05, 4.69) is 5.32 Å². The molecule has 1 saturated carbocycles. The Hall–Kier alpha value is -2.82. The molecule has 1 fully saturated rings. The molecule has 2 aliphatic rings. The summed E-state index contributed by atoms with van der Waals surface area (Å²) in [7, 11) is 1.63. The molecule has 1 atom stereocenters. The van der Waals surface area contributed by atoms with E-state index in [1.807, 2.05) is 60.4 Å². The van der Waals surface area contributed by atoms with Crippen molar-refractivity contribution in [2.45, 2.75) is 57.2 Å². The van der Waals surface area contributed by atoms with Gasteiger partial charge in [0.25, 0.3) is 5.91 Å². The second-order valence-electron chi connectivity index (χ2n) is 8.25. The van der Waals surface area contributed by atoms with Gasteiger partial charge in [-0.2, -0.15) is 0 Å². The van der Waals surface area contributed by atoms with Crippen LogP contribution in [0.2, 0.25) is 0 Å². The lowest BCUT2D eigenvalue weighted by atomic mass is 9.81. The molecule has 2 aromatic rings. The lowest BCUT2D eigenvalue weighted by Gasteiger charge is -2.47. The van der Waals surface area contributed by atoms with Gasteiger partial charge in [-0.1, -0.05) is 43.2 Å². The zero-order valence-electron chi connectivity index (χ0n) is 17.1. The molecular weight excluding hydrogens is 364 g/mol. The molecule has 1 unspecified atom stereocenters. The molecule has 1 N–H and O–H groups in total. The third kappa shape index (κ3) is 3.61. The predicted octanol–water partition coefficient (Wildman–Crippen LogP) is 3.71. The van der Waals surface area contributed by atoms with Crippen LogP contribution in [0.25, 0.3) is 0 Å². The molecule has 5 heteroatoms. The van der Waals surface area contributed by atoms with E-state index >= 15 is 0 Å². The van der Waals surface area contributed by atoms with Crippen LogP contribution >= 0.6 is 0 Å². The molecule has 152 valence electrons. The third-order valence-corrected chi connectivity index (χ3v) is 6.32. The second kappa shape index (κ2) is 7.90. The highest BCUT2D eigenvalue weighted by Gasteiger charge is 2.49. The van der Waals surface area contributed by atoms with Crippen LogP contribution < -0.4 is 10.1 Å². The van der Waals surface area contributed by atoms with E-state index in [-0.39, 0.29) is 17.9 Å². The number of hydrogen-bond acceptors (Lipinski definition) is 3. The summed E-state index contributed by atoms with van der Waals surface area (Å²) < 4.78 is 5.19. The van der Waals surface area contributed by atoms with Crippen molar-refractivity contribution in [3.8, 4) is 5.75 Å². The Morgan fingerprint density at radius 1 is 1.14 bits per heavy atom. The molecule has 29 heavy (non-hydrogen) atoms. The summed E-state index contributed by atoms with van der Waals surface area (Å²) in [5.74, 6) is 0.679. The van der Waals surface area contributed by atoms with Crippen LogP contribution in [-0.4, -0.2) is 35.4 Å². The van der Waals surface area contributed by atoms with Crippen LogP contribution in [0.3, 0.4) is 0 Å². The Kier molecular flexibility index (Phi) is 5.31. The van der Waals surface area contributed by atoms with E-state index < -0.39 is 5.54 Å². The molecule has 2 aromatic carbocycles. The van der Waals surface area contributed by atoms with Crippen LogP contribution in [0.15, 0.2) is 48.5 Å². The van der Waals surface area contributed by atoms with E-state index in [1.165, 1.54) is 0 Å². The molecule has 1 aliphatic carbocycles. The normalized spacial score (nSPS) is 21.7. The van der Waals surface area contributed by atoms with E-state index in [9.17, 15) is 9.59 Å². The van der Waals surface area contributed by atoms with Gasteiger partial charge in [-0.15, -0.1) is 0 Å². The van der Waals surface area contributed by atoms with Crippen LogP contribution in [0.4, 0.5) is 0 Å². The van der Waals surface area contributed by atoms with Crippen LogP contribution in [0.5, 0.6) is 5.75 Å². The number of nitrogens with zero attached hydrogens (tertiary/aromatic N) is 1. The molecule has 0 radical (unpaired) electrons. The van der Waals surface area contributed by atoms with Crippen molar-refractivity contribution in [2.75, 3.05) is 7.11 Å². The summed E-state index contributed by atoms with van der Waals surface area (Å²) in [4.78, 5) is 28.7. The number of carbonyl (C=O) groups excluding carboxylic acids is 2. The fourth-order valence-electron chi connectivity index (χ4n) is 4.73. The number of ether oxygens (including phenoxy) is 1. The number of nitrogens with one attached hydrogen (secondary N) is 1. The van der Waals surface area contributed by atoms with Crippen LogP contribution in [-0.2, 0) is 17.8 Å². The smallest absolute Gasteiger partial charge is 0.255 e. The van der Waals surface area contributed by atoms with Gasteiger partial charge in [-0.05, 0) is 49.1 Å². The predicted molar refractivity (Wildman–Crippen MR) is 112 cm³/mol. The monoisotopic (exact) mass is 392 g/mol. The van der Waals surface area contributed by atoms with E-state index in [0.717, 1.165) is 48.1 Å². The maximum Gasteiger partial charge on any atom is 0.255 e. The van der Waals surface area contributed by atoms with Crippen molar-refractivity contribution in [1.29, 1.82) is 0 Å². The van der Waals surface area contributed by atoms with E-state index in [4.69, 9.17) is 4.74 Å². The van der Waals surface area contributed by atoms with Gasteiger partial charge >= 0.3 is 0 Å². The summed E-state index contributed by atoms with van der Waals surface area (Å²) in [6.45, 7) is 2.34. The number of carbonyl (C=O) groups is 2. The fourth-order valence-corrected chi connectivity index (χ4v) is 4.73. The number of fused-ring (bicyclic) bond motifs is 1. The van der Waals surface area contributed by atoms with Gasteiger partial charge in [0.1, 0.15) is 11.3 Å². The summed E-state index contributed by atoms with van der Waals surface area (Å²) in [5, 5.41) is 3.08. The van der Waals surface area contributed by atoms with Gasteiger partial charge in [0.05, 0.1) is 7.11 Å². The minimum absolute atomic E-state index is 0.0131. The van der Waals surface area contributed by atoms with Gasteiger partial charge < -0.3 is 15.0 Å². The zero-order chi connectivity index (χ0) is 20.4. The largest absolute Gasteiger partial charge is 0.497 e. The van der Waals surface area contributed by atoms with Crippen molar-refractivity contribution in [1.82, 2.24) is 10.2 Å². The van der Waals surface area contributed by atoms with Crippen molar-refractivity contribution in [3.63, 3.8) is 0 Å². The second-order valence-corrected chi connectivity index (χ2v) is 8.25. The van der Waals surface area contributed by atoms with E-state index in [0.29, 0.717) is 13.0 Å². The average Bonchev–Trinajstić information content (AvgIpc) is 3.26. The van der Waals surface area contributed by atoms with Crippen molar-refractivity contribution in [3.05, 3.63) is 65.2 Å². The number of methoxy groups -OCH3 is 1. The molecule has 4 rings (SSSR count). The summed E-state index contributed by atoms with van der Waals surface area (Å²) in [6.07, 6.45) is 4.70. The quantitative estimate of drug-likeness (QED) is 0.844. The maximum absolute atomic E-state index is 13.4. The number of benzene rings is 2. The van der Waals surface area contributed by atoms with Crippen molar-refractivity contribution in [2.24, 2.45) is 0 Å². The highest BCUT2D eigenvalue weighted by atomic mass is 16.5. The summed E-state index contributed by atoms with van der Waals surface area (Å²) >= 11 is 0. The van der Waals surface area contributed by atoms with Gasteiger partial charge in [-0.25, -0.2) is 0 Å². The van der Waals surface area contributed by atoms with Crippen LogP contribution in [0.1, 0.15) is 54.1 Å². The Morgan fingerprint density at radius 2 is 1.83 bits per heavy atom. The lowest BCUT2D eigenvalue weighted by molar-refractivity contribution is -0.133. The van der Waals surface area contributed by atoms with Crippen molar-refractivity contribution >= 4 is 11.8 Å². The topological polar surface area (TPSA) is 58.6 Å². The average molecular weight is 392 g/mol. The maximum atomic E-state index is 13.4. The summed E-state index contributed by atoms with van der Waals surface area (Å²) in [6, 6.07) is 15.5. The highest BCUT2D eigenvalue weighted by molar-refractivity contribution is 6.02. The van der Waals surface area contributed by atoms with Gasteiger partial charge in [0.15, 0.2) is 0 Å². The first-order valence-corrected chi connectivity index (χ1v) is 10.4. The van der Waals surface area contributed by atoms with Gasteiger partial charge in [0.2, 0.25) is 5.91 Å². The minimum atomic E-state index is -0.882. The first-order chi connectivity index (χ1) is 14.0. The Balaban J connectivity index is 1.59. The first kappa shape index (κ1) is 19.5. The first-order valence-electron chi connectivity index (χ1n) is 10.4. The molecule has 2 amide bonds. The van der Waals surface area contributed by atoms with Crippen molar-refractivity contribution < 1.29 is 14.3 Å². The third-order valence-electron chi connectivity index (χ3n) is 6.32. The van der Waals surface area contributed by atoms with Gasteiger partial charge in [-0.3, -0.25) is 9.59 Å². The molecule has 1 aliphatic heterocycles. The molecule has 5 nitrogen and oxygen atoms in total. The van der Waals surface area contributed by atoms with E-state index in [1.54, 1.807) is 7.11 Å². The number of amides is 2. The molecule has 0 saturated heterocycles.